The monoisotopic (exact) mass is 297 g/mol. The molecule has 0 saturated carbocycles. The molecule has 0 radical (unpaired) electrons. The van der Waals surface area contributed by atoms with Crippen molar-refractivity contribution in [3.63, 3.8) is 0 Å². The fourth-order valence-electron chi connectivity index (χ4n) is 2.56. The molecule has 2 heterocycles. The van der Waals surface area contributed by atoms with Crippen LogP contribution in [0.1, 0.15) is 15.9 Å². The van der Waals surface area contributed by atoms with E-state index >= 15 is 0 Å². The lowest BCUT2D eigenvalue weighted by Gasteiger charge is -2.26. The second kappa shape index (κ2) is 6.68. The summed E-state index contributed by atoms with van der Waals surface area (Å²) >= 11 is 0. The number of carbonyl (C=O) groups excluding carboxylic acids is 1. The van der Waals surface area contributed by atoms with E-state index < -0.39 is 5.91 Å². The molecule has 1 amide bonds. The van der Waals surface area contributed by atoms with Crippen molar-refractivity contribution in [1.82, 2.24) is 9.88 Å². The van der Waals surface area contributed by atoms with E-state index in [-0.39, 0.29) is 0 Å². The topological polar surface area (TPSA) is 68.5 Å². The number of benzene rings is 1. The Labute approximate surface area is 129 Å². The van der Waals surface area contributed by atoms with Crippen molar-refractivity contribution in [3.8, 4) is 11.3 Å². The van der Waals surface area contributed by atoms with Gasteiger partial charge in [-0.25, -0.2) is 0 Å². The smallest absolute Gasteiger partial charge is 0.250 e. The Hall–Kier alpha value is -2.24. The number of morpholine rings is 1. The molecule has 1 saturated heterocycles. The van der Waals surface area contributed by atoms with Crippen molar-refractivity contribution in [2.45, 2.75) is 6.54 Å². The SMILES string of the molecule is NC(=O)c1ccc(-c2cccc(CN3CCOCC3)c2)nc1. The maximum Gasteiger partial charge on any atom is 0.250 e. The molecule has 0 bridgehead atoms. The van der Waals surface area contributed by atoms with E-state index in [9.17, 15) is 4.79 Å². The van der Waals surface area contributed by atoms with Crippen LogP contribution in [0.25, 0.3) is 11.3 Å². The predicted octanol–water partition coefficient (Wildman–Crippen LogP) is 1.68. The van der Waals surface area contributed by atoms with Crippen molar-refractivity contribution in [2.75, 3.05) is 26.3 Å². The van der Waals surface area contributed by atoms with Gasteiger partial charge in [0.25, 0.3) is 0 Å². The molecule has 0 spiro atoms. The molecule has 22 heavy (non-hydrogen) atoms. The Balaban J connectivity index is 1.76. The molecule has 2 aromatic rings. The van der Waals surface area contributed by atoms with Gasteiger partial charge in [-0.2, -0.15) is 0 Å². The number of pyridine rings is 1. The normalized spacial score (nSPS) is 15.6. The highest BCUT2D eigenvalue weighted by molar-refractivity contribution is 5.92. The van der Waals surface area contributed by atoms with E-state index in [2.05, 4.69) is 22.0 Å². The zero-order chi connectivity index (χ0) is 15.4. The van der Waals surface area contributed by atoms with Crippen molar-refractivity contribution in [1.29, 1.82) is 0 Å². The summed E-state index contributed by atoms with van der Waals surface area (Å²) in [6.07, 6.45) is 1.52. The van der Waals surface area contributed by atoms with Crippen LogP contribution < -0.4 is 5.73 Å². The minimum absolute atomic E-state index is 0.424. The first-order chi connectivity index (χ1) is 10.7. The summed E-state index contributed by atoms with van der Waals surface area (Å²) in [5.74, 6) is -0.458. The summed E-state index contributed by atoms with van der Waals surface area (Å²) in [5.41, 5.74) is 8.80. The minimum atomic E-state index is -0.458. The summed E-state index contributed by atoms with van der Waals surface area (Å²) in [4.78, 5) is 17.8. The van der Waals surface area contributed by atoms with Crippen LogP contribution in [0.2, 0.25) is 0 Å². The molecular formula is C17H19N3O2. The molecule has 1 aliphatic rings. The first kappa shape index (κ1) is 14.7. The molecule has 2 N–H and O–H groups in total. The van der Waals surface area contributed by atoms with Gasteiger partial charge in [0.05, 0.1) is 24.5 Å². The third kappa shape index (κ3) is 3.50. The van der Waals surface area contributed by atoms with Gasteiger partial charge in [0.2, 0.25) is 5.91 Å². The number of nitrogens with two attached hydrogens (primary N) is 1. The van der Waals surface area contributed by atoms with E-state index in [1.54, 1.807) is 6.07 Å². The van der Waals surface area contributed by atoms with Gasteiger partial charge < -0.3 is 10.5 Å². The molecule has 0 unspecified atom stereocenters. The Morgan fingerprint density at radius 2 is 2.05 bits per heavy atom. The number of ether oxygens (including phenoxy) is 1. The highest BCUT2D eigenvalue weighted by atomic mass is 16.5. The molecular weight excluding hydrogens is 278 g/mol. The average Bonchev–Trinajstić information content (AvgIpc) is 2.56. The fraction of sp³-hybridized carbons (Fsp3) is 0.294. The highest BCUT2D eigenvalue weighted by Gasteiger charge is 2.11. The zero-order valence-electron chi connectivity index (χ0n) is 12.4. The molecule has 1 fully saturated rings. The highest BCUT2D eigenvalue weighted by Crippen LogP contribution is 2.19. The number of carbonyl (C=O) groups is 1. The molecule has 0 aliphatic carbocycles. The number of amides is 1. The molecule has 3 rings (SSSR count). The first-order valence-corrected chi connectivity index (χ1v) is 7.37. The van der Waals surface area contributed by atoms with Gasteiger partial charge in [-0.3, -0.25) is 14.7 Å². The third-order valence-corrected chi connectivity index (χ3v) is 3.78. The zero-order valence-corrected chi connectivity index (χ0v) is 12.4. The van der Waals surface area contributed by atoms with Crippen LogP contribution in [-0.4, -0.2) is 42.1 Å². The predicted molar refractivity (Wildman–Crippen MR) is 84.3 cm³/mol. The number of hydrogen-bond acceptors (Lipinski definition) is 4. The van der Waals surface area contributed by atoms with Crippen molar-refractivity contribution in [3.05, 3.63) is 53.7 Å². The molecule has 5 heteroatoms. The number of nitrogens with zero attached hydrogens (tertiary/aromatic N) is 2. The van der Waals surface area contributed by atoms with Crippen LogP contribution in [0.3, 0.4) is 0 Å². The van der Waals surface area contributed by atoms with Crippen LogP contribution in [-0.2, 0) is 11.3 Å². The summed E-state index contributed by atoms with van der Waals surface area (Å²) < 4.78 is 5.37. The average molecular weight is 297 g/mol. The number of hydrogen-bond donors (Lipinski definition) is 1. The summed E-state index contributed by atoms with van der Waals surface area (Å²) in [6.45, 7) is 4.45. The van der Waals surface area contributed by atoms with Crippen molar-refractivity contribution < 1.29 is 9.53 Å². The van der Waals surface area contributed by atoms with Gasteiger partial charge in [0.1, 0.15) is 0 Å². The van der Waals surface area contributed by atoms with Gasteiger partial charge in [0.15, 0.2) is 0 Å². The van der Waals surface area contributed by atoms with E-state index in [4.69, 9.17) is 10.5 Å². The lowest BCUT2D eigenvalue weighted by molar-refractivity contribution is 0.0342. The van der Waals surface area contributed by atoms with Crippen molar-refractivity contribution in [2.24, 2.45) is 5.73 Å². The summed E-state index contributed by atoms with van der Waals surface area (Å²) in [7, 11) is 0. The first-order valence-electron chi connectivity index (χ1n) is 7.37. The van der Waals surface area contributed by atoms with Crippen LogP contribution in [0.4, 0.5) is 0 Å². The second-order valence-corrected chi connectivity index (χ2v) is 5.39. The maximum absolute atomic E-state index is 11.1. The van der Waals surface area contributed by atoms with Gasteiger partial charge in [-0.05, 0) is 23.8 Å². The van der Waals surface area contributed by atoms with E-state index in [1.807, 2.05) is 18.2 Å². The van der Waals surface area contributed by atoms with E-state index in [1.165, 1.54) is 11.8 Å². The number of aromatic nitrogens is 1. The Kier molecular flexibility index (Phi) is 4.46. The fourth-order valence-corrected chi connectivity index (χ4v) is 2.56. The van der Waals surface area contributed by atoms with Crippen LogP contribution in [0, 0.1) is 0 Å². The van der Waals surface area contributed by atoms with E-state index in [0.29, 0.717) is 5.56 Å². The van der Waals surface area contributed by atoms with E-state index in [0.717, 1.165) is 44.1 Å². The van der Waals surface area contributed by atoms with Crippen molar-refractivity contribution >= 4 is 5.91 Å². The Bertz CT molecular complexity index is 649. The number of rotatable bonds is 4. The molecule has 1 aromatic heterocycles. The second-order valence-electron chi connectivity index (χ2n) is 5.39. The lowest BCUT2D eigenvalue weighted by atomic mass is 10.1. The van der Waals surface area contributed by atoms with Crippen LogP contribution in [0.15, 0.2) is 42.6 Å². The van der Waals surface area contributed by atoms with Gasteiger partial charge >= 0.3 is 0 Å². The van der Waals surface area contributed by atoms with Crippen LogP contribution >= 0.6 is 0 Å². The molecule has 1 aliphatic heterocycles. The molecule has 0 atom stereocenters. The van der Waals surface area contributed by atoms with Gasteiger partial charge in [-0.1, -0.05) is 18.2 Å². The van der Waals surface area contributed by atoms with Gasteiger partial charge in [-0.15, -0.1) is 0 Å². The quantitative estimate of drug-likeness (QED) is 0.932. The standard InChI is InChI=1S/C17H19N3O2/c18-17(21)15-4-5-16(19-11-15)14-3-1-2-13(10-14)12-20-6-8-22-9-7-20/h1-5,10-11H,6-9,12H2,(H2,18,21). The van der Waals surface area contributed by atoms with Crippen LogP contribution in [0.5, 0.6) is 0 Å². The lowest BCUT2D eigenvalue weighted by Crippen LogP contribution is -2.35. The third-order valence-electron chi connectivity index (χ3n) is 3.78. The molecule has 5 nitrogen and oxygen atoms in total. The maximum atomic E-state index is 11.1. The minimum Gasteiger partial charge on any atom is -0.379 e. The largest absolute Gasteiger partial charge is 0.379 e. The Morgan fingerprint density at radius 1 is 1.23 bits per heavy atom. The summed E-state index contributed by atoms with van der Waals surface area (Å²) in [6, 6.07) is 11.9. The molecule has 1 aromatic carbocycles. The molecule has 114 valence electrons. The summed E-state index contributed by atoms with van der Waals surface area (Å²) in [5, 5.41) is 0. The van der Waals surface area contributed by atoms with Gasteiger partial charge in [0, 0.05) is 31.4 Å². The number of primary amides is 1. The Morgan fingerprint density at radius 3 is 2.73 bits per heavy atom.